The first-order valence-electron chi connectivity index (χ1n) is 5.35. The van der Waals surface area contributed by atoms with Gasteiger partial charge in [-0.1, -0.05) is 6.92 Å². The number of nitrogens with zero attached hydrogens (tertiary/aromatic N) is 5. The van der Waals surface area contributed by atoms with E-state index in [1.54, 1.807) is 23.3 Å². The van der Waals surface area contributed by atoms with Crippen LogP contribution in [0.5, 0.6) is 6.01 Å². The van der Waals surface area contributed by atoms with E-state index < -0.39 is 0 Å². The van der Waals surface area contributed by atoms with E-state index in [1.165, 1.54) is 0 Å². The predicted octanol–water partition coefficient (Wildman–Crippen LogP) is 0.817. The molecular formula is C10H14N6O. The second-order valence-corrected chi connectivity index (χ2v) is 3.58. The Bertz CT molecular complexity index is 484. The summed E-state index contributed by atoms with van der Waals surface area (Å²) >= 11 is 0. The van der Waals surface area contributed by atoms with Crippen LogP contribution in [0.25, 0.3) is 5.95 Å². The van der Waals surface area contributed by atoms with Crippen LogP contribution in [0.4, 0.5) is 5.95 Å². The Balaban J connectivity index is 2.30. The van der Waals surface area contributed by atoms with Crippen molar-refractivity contribution < 1.29 is 4.74 Å². The molecule has 0 spiro atoms. The summed E-state index contributed by atoms with van der Waals surface area (Å²) in [5.41, 5.74) is 5.61. The van der Waals surface area contributed by atoms with Crippen LogP contribution in [0, 0.1) is 0 Å². The van der Waals surface area contributed by atoms with Gasteiger partial charge in [-0.25, -0.2) is 4.98 Å². The summed E-state index contributed by atoms with van der Waals surface area (Å²) in [6.45, 7) is 3.96. The van der Waals surface area contributed by atoms with Gasteiger partial charge in [-0.3, -0.25) is 4.57 Å². The number of nitrogens with two attached hydrogens (primary N) is 1. The van der Waals surface area contributed by atoms with Gasteiger partial charge >= 0.3 is 6.01 Å². The third-order valence-corrected chi connectivity index (χ3v) is 2.24. The largest absolute Gasteiger partial charge is 0.460 e. The lowest BCUT2D eigenvalue weighted by atomic mass is 10.3. The molecule has 0 aliphatic heterocycles. The fraction of sp³-hybridized carbons (Fsp3) is 0.400. The first-order valence-corrected chi connectivity index (χ1v) is 5.35. The summed E-state index contributed by atoms with van der Waals surface area (Å²) in [6, 6.07) is 0.232. The van der Waals surface area contributed by atoms with E-state index in [1.807, 2.05) is 13.8 Å². The topological polar surface area (TPSA) is 91.7 Å². The third-order valence-electron chi connectivity index (χ3n) is 2.24. The summed E-state index contributed by atoms with van der Waals surface area (Å²) in [6.07, 6.45) is 5.84. The molecule has 2 aromatic heterocycles. The highest BCUT2D eigenvalue weighted by molar-refractivity contribution is 5.25. The second kappa shape index (κ2) is 4.77. The van der Waals surface area contributed by atoms with Gasteiger partial charge in [-0.05, 0) is 13.3 Å². The minimum absolute atomic E-state index is 0.0347. The van der Waals surface area contributed by atoms with Crippen molar-refractivity contribution in [3.05, 3.63) is 18.7 Å². The quantitative estimate of drug-likeness (QED) is 0.841. The Labute approximate surface area is 98.7 Å². The number of imidazole rings is 1. The molecule has 2 rings (SSSR count). The molecule has 2 aromatic rings. The SMILES string of the molecule is CCC(C)Oc1nc(N)nc(-n2ccnc2)n1. The number of nitrogen functional groups attached to an aromatic ring is 1. The lowest BCUT2D eigenvalue weighted by Gasteiger charge is -2.11. The molecule has 0 radical (unpaired) electrons. The maximum Gasteiger partial charge on any atom is 0.323 e. The van der Waals surface area contributed by atoms with E-state index in [0.29, 0.717) is 5.95 Å². The molecule has 0 saturated heterocycles. The lowest BCUT2D eigenvalue weighted by molar-refractivity contribution is 0.199. The highest BCUT2D eigenvalue weighted by Gasteiger charge is 2.09. The van der Waals surface area contributed by atoms with Crippen LogP contribution < -0.4 is 10.5 Å². The Hall–Kier alpha value is -2.18. The van der Waals surface area contributed by atoms with Crippen molar-refractivity contribution in [2.45, 2.75) is 26.4 Å². The molecule has 0 aliphatic carbocycles. The van der Waals surface area contributed by atoms with Gasteiger partial charge in [0.05, 0.1) is 6.10 Å². The molecule has 7 nitrogen and oxygen atoms in total. The average Bonchev–Trinajstić information content (AvgIpc) is 2.81. The van der Waals surface area contributed by atoms with Crippen molar-refractivity contribution in [3.8, 4) is 12.0 Å². The third kappa shape index (κ3) is 2.68. The Kier molecular flexibility index (Phi) is 3.17. The van der Waals surface area contributed by atoms with Gasteiger partial charge in [0.25, 0.3) is 0 Å². The number of aromatic nitrogens is 5. The van der Waals surface area contributed by atoms with Gasteiger partial charge in [0.1, 0.15) is 6.33 Å². The lowest BCUT2D eigenvalue weighted by Crippen LogP contribution is -2.14. The molecule has 7 heteroatoms. The van der Waals surface area contributed by atoms with Crippen LogP contribution >= 0.6 is 0 Å². The highest BCUT2D eigenvalue weighted by Crippen LogP contribution is 2.11. The van der Waals surface area contributed by atoms with Crippen LogP contribution in [0.1, 0.15) is 20.3 Å². The van der Waals surface area contributed by atoms with Gasteiger partial charge in [0.2, 0.25) is 11.9 Å². The Morgan fingerprint density at radius 2 is 2.24 bits per heavy atom. The monoisotopic (exact) mass is 234 g/mol. The maximum absolute atomic E-state index is 5.61. The molecule has 0 aromatic carbocycles. The summed E-state index contributed by atoms with van der Waals surface area (Å²) in [4.78, 5) is 16.0. The van der Waals surface area contributed by atoms with Crippen molar-refractivity contribution in [2.75, 3.05) is 5.73 Å². The number of rotatable bonds is 4. The Morgan fingerprint density at radius 1 is 1.41 bits per heavy atom. The van der Waals surface area contributed by atoms with Crippen molar-refractivity contribution in [1.82, 2.24) is 24.5 Å². The van der Waals surface area contributed by atoms with E-state index in [4.69, 9.17) is 10.5 Å². The van der Waals surface area contributed by atoms with Crippen molar-refractivity contribution in [2.24, 2.45) is 0 Å². The number of ether oxygens (including phenoxy) is 1. The normalized spacial score (nSPS) is 12.4. The zero-order valence-electron chi connectivity index (χ0n) is 9.74. The summed E-state index contributed by atoms with van der Waals surface area (Å²) < 4.78 is 7.15. The molecule has 0 aliphatic rings. The Morgan fingerprint density at radius 3 is 2.88 bits per heavy atom. The van der Waals surface area contributed by atoms with E-state index in [2.05, 4.69) is 19.9 Å². The van der Waals surface area contributed by atoms with Gasteiger partial charge in [0.15, 0.2) is 0 Å². The number of hydrogen-bond donors (Lipinski definition) is 1. The molecule has 90 valence electrons. The molecule has 0 bridgehead atoms. The van der Waals surface area contributed by atoms with Crippen molar-refractivity contribution in [3.63, 3.8) is 0 Å². The standard InChI is InChI=1S/C10H14N6O/c1-3-7(2)17-10-14-8(11)13-9(15-10)16-5-4-12-6-16/h4-7H,3H2,1-2H3,(H2,11,13,14,15). The zero-order chi connectivity index (χ0) is 12.3. The molecule has 17 heavy (non-hydrogen) atoms. The maximum atomic E-state index is 5.61. The van der Waals surface area contributed by atoms with Crippen LogP contribution in [-0.2, 0) is 0 Å². The fourth-order valence-corrected chi connectivity index (χ4v) is 1.17. The van der Waals surface area contributed by atoms with E-state index in [-0.39, 0.29) is 18.1 Å². The van der Waals surface area contributed by atoms with Crippen LogP contribution in [-0.4, -0.2) is 30.6 Å². The first-order chi connectivity index (χ1) is 8.19. The van der Waals surface area contributed by atoms with Gasteiger partial charge in [0, 0.05) is 12.4 Å². The first kappa shape index (κ1) is 11.3. The summed E-state index contributed by atoms with van der Waals surface area (Å²) in [5.74, 6) is 0.523. The van der Waals surface area contributed by atoms with Gasteiger partial charge in [-0.15, -0.1) is 0 Å². The van der Waals surface area contributed by atoms with Crippen LogP contribution in [0.15, 0.2) is 18.7 Å². The van der Waals surface area contributed by atoms with Crippen molar-refractivity contribution >= 4 is 5.95 Å². The molecule has 0 fully saturated rings. The van der Waals surface area contributed by atoms with Crippen LogP contribution in [0.2, 0.25) is 0 Å². The molecule has 1 unspecified atom stereocenters. The van der Waals surface area contributed by atoms with Gasteiger partial charge in [-0.2, -0.15) is 15.0 Å². The molecule has 1 atom stereocenters. The minimum Gasteiger partial charge on any atom is -0.460 e. The van der Waals surface area contributed by atoms with E-state index >= 15 is 0 Å². The second-order valence-electron chi connectivity index (χ2n) is 3.58. The fourth-order valence-electron chi connectivity index (χ4n) is 1.17. The van der Waals surface area contributed by atoms with E-state index in [0.717, 1.165) is 6.42 Å². The molecule has 0 saturated carbocycles. The predicted molar refractivity (Wildman–Crippen MR) is 61.7 cm³/mol. The minimum atomic E-state index is 0.0347. The number of anilines is 1. The molecular weight excluding hydrogens is 220 g/mol. The summed E-state index contributed by atoms with van der Waals surface area (Å²) in [5, 5.41) is 0. The molecule has 2 heterocycles. The van der Waals surface area contributed by atoms with Crippen LogP contribution in [0.3, 0.4) is 0 Å². The molecule has 2 N–H and O–H groups in total. The highest BCUT2D eigenvalue weighted by atomic mass is 16.5. The zero-order valence-corrected chi connectivity index (χ0v) is 9.74. The molecule has 0 amide bonds. The van der Waals surface area contributed by atoms with E-state index in [9.17, 15) is 0 Å². The summed E-state index contributed by atoms with van der Waals surface area (Å²) in [7, 11) is 0. The number of hydrogen-bond acceptors (Lipinski definition) is 6. The smallest absolute Gasteiger partial charge is 0.323 e. The average molecular weight is 234 g/mol. The van der Waals surface area contributed by atoms with Gasteiger partial charge < -0.3 is 10.5 Å². The van der Waals surface area contributed by atoms with Crippen molar-refractivity contribution in [1.29, 1.82) is 0 Å².